The number of rotatable bonds is 13. The van der Waals surface area contributed by atoms with Gasteiger partial charge in [-0.3, -0.25) is 9.89 Å². The molecule has 1 aromatic carbocycles. The Bertz CT molecular complexity index is 658. The van der Waals surface area contributed by atoms with Gasteiger partial charge in [-0.15, -0.1) is 0 Å². The molecule has 7 heteroatoms. The highest BCUT2D eigenvalue weighted by Gasteiger charge is 2.23. The van der Waals surface area contributed by atoms with E-state index in [0.29, 0.717) is 12.6 Å². The van der Waals surface area contributed by atoms with Crippen molar-refractivity contribution < 1.29 is 14.2 Å². The number of nitrogens with zero attached hydrogens (tertiary/aromatic N) is 3. The third-order valence-corrected chi connectivity index (χ3v) is 6.07. The lowest BCUT2D eigenvalue weighted by atomic mass is 10.0. The van der Waals surface area contributed by atoms with Crippen molar-refractivity contribution in [3.8, 4) is 5.75 Å². The number of ether oxygens (including phenoxy) is 3. The Morgan fingerprint density at radius 3 is 2.53 bits per heavy atom. The van der Waals surface area contributed by atoms with Gasteiger partial charge in [-0.1, -0.05) is 26.0 Å². The lowest BCUT2D eigenvalue weighted by Gasteiger charge is -2.35. The van der Waals surface area contributed by atoms with Gasteiger partial charge >= 0.3 is 0 Å². The Hall–Kier alpha value is -1.83. The lowest BCUT2D eigenvalue weighted by Crippen LogP contribution is -2.47. The highest BCUT2D eigenvalue weighted by atomic mass is 16.5. The smallest absolute Gasteiger partial charge is 0.193 e. The van der Waals surface area contributed by atoms with Crippen molar-refractivity contribution >= 4 is 5.96 Å². The Labute approximate surface area is 195 Å². The zero-order valence-electron chi connectivity index (χ0n) is 20.8. The number of benzene rings is 1. The molecule has 2 rings (SSSR count). The highest BCUT2D eigenvalue weighted by Crippen LogP contribution is 2.25. The largest absolute Gasteiger partial charge is 0.497 e. The number of hydrogen-bond acceptors (Lipinski definition) is 5. The lowest BCUT2D eigenvalue weighted by molar-refractivity contribution is 0.00988. The summed E-state index contributed by atoms with van der Waals surface area (Å²) in [5.74, 6) is 1.90. The molecule has 0 aliphatic carbocycles. The fourth-order valence-electron chi connectivity index (χ4n) is 4.23. The molecule has 1 unspecified atom stereocenters. The van der Waals surface area contributed by atoms with Crippen LogP contribution in [-0.2, 0) is 9.47 Å². The first kappa shape index (κ1) is 26.4. The van der Waals surface area contributed by atoms with Crippen LogP contribution in [0.5, 0.6) is 5.75 Å². The third-order valence-electron chi connectivity index (χ3n) is 6.07. The summed E-state index contributed by atoms with van der Waals surface area (Å²) in [6, 6.07) is 8.60. The topological polar surface area (TPSA) is 58.6 Å². The van der Waals surface area contributed by atoms with Crippen LogP contribution in [0.3, 0.4) is 0 Å². The molecular formula is C25H44N4O3. The molecule has 0 radical (unpaired) electrons. The average Bonchev–Trinajstić information content (AvgIpc) is 2.84. The van der Waals surface area contributed by atoms with Gasteiger partial charge in [0, 0.05) is 40.0 Å². The highest BCUT2D eigenvalue weighted by molar-refractivity contribution is 5.80. The fraction of sp³-hybridized carbons (Fsp3) is 0.720. The van der Waals surface area contributed by atoms with Crippen molar-refractivity contribution in [1.29, 1.82) is 0 Å². The molecule has 32 heavy (non-hydrogen) atoms. The minimum Gasteiger partial charge on any atom is -0.497 e. The van der Waals surface area contributed by atoms with Crippen molar-refractivity contribution in [3.63, 3.8) is 0 Å². The maximum Gasteiger partial charge on any atom is 0.193 e. The quantitative estimate of drug-likeness (QED) is 0.283. The summed E-state index contributed by atoms with van der Waals surface area (Å²) in [5, 5.41) is 3.51. The summed E-state index contributed by atoms with van der Waals surface area (Å²) in [4.78, 5) is 9.93. The Morgan fingerprint density at radius 2 is 1.91 bits per heavy atom. The van der Waals surface area contributed by atoms with Gasteiger partial charge in [0.1, 0.15) is 5.75 Å². The van der Waals surface area contributed by atoms with Gasteiger partial charge in [-0.05, 0) is 57.0 Å². The predicted octanol–water partition coefficient (Wildman–Crippen LogP) is 3.56. The molecule has 0 spiro atoms. The number of hydrogen-bond donors (Lipinski definition) is 1. The fourth-order valence-corrected chi connectivity index (χ4v) is 4.23. The molecule has 0 saturated carbocycles. The Morgan fingerprint density at radius 1 is 1.16 bits per heavy atom. The van der Waals surface area contributed by atoms with Crippen LogP contribution < -0.4 is 10.1 Å². The number of nitrogens with one attached hydrogen (secondary N) is 1. The van der Waals surface area contributed by atoms with Crippen molar-refractivity contribution in [2.75, 3.05) is 66.7 Å². The molecule has 0 amide bonds. The molecule has 1 aliphatic heterocycles. The van der Waals surface area contributed by atoms with E-state index in [1.165, 1.54) is 5.56 Å². The van der Waals surface area contributed by atoms with Crippen LogP contribution in [0.15, 0.2) is 29.3 Å². The van der Waals surface area contributed by atoms with E-state index in [1.54, 1.807) is 14.2 Å². The number of methoxy groups -OCH3 is 2. The maximum atomic E-state index is 6.03. The molecule has 1 aromatic rings. The molecule has 1 fully saturated rings. The van der Waals surface area contributed by atoms with Crippen molar-refractivity contribution in [2.45, 2.75) is 52.2 Å². The molecule has 1 aliphatic rings. The summed E-state index contributed by atoms with van der Waals surface area (Å²) in [6.45, 7) is 13.6. The van der Waals surface area contributed by atoms with Crippen LogP contribution in [0.2, 0.25) is 0 Å². The number of likely N-dealkylation sites (N-methyl/N-ethyl adjacent to an activating group) is 1. The van der Waals surface area contributed by atoms with Gasteiger partial charge in [0.2, 0.25) is 0 Å². The molecule has 7 nitrogen and oxygen atoms in total. The summed E-state index contributed by atoms with van der Waals surface area (Å²) >= 11 is 0. The monoisotopic (exact) mass is 448 g/mol. The summed E-state index contributed by atoms with van der Waals surface area (Å²) in [5.41, 5.74) is 1.25. The van der Waals surface area contributed by atoms with Gasteiger partial charge < -0.3 is 24.4 Å². The molecule has 0 aromatic heterocycles. The SMILES string of the molecule is CCNC(=NCC(c1cccc(OC)c1)N(CC)CC)N1CCC(OCCCOC)CC1. The van der Waals surface area contributed by atoms with E-state index in [9.17, 15) is 0 Å². The first-order valence-electron chi connectivity index (χ1n) is 12.2. The van der Waals surface area contributed by atoms with E-state index in [1.807, 2.05) is 6.07 Å². The molecule has 1 atom stereocenters. The molecule has 182 valence electrons. The van der Waals surface area contributed by atoms with Crippen LogP contribution in [0.4, 0.5) is 0 Å². The zero-order valence-corrected chi connectivity index (χ0v) is 20.8. The van der Waals surface area contributed by atoms with E-state index in [2.05, 4.69) is 54.1 Å². The zero-order chi connectivity index (χ0) is 23.2. The van der Waals surface area contributed by atoms with E-state index in [0.717, 1.165) is 76.9 Å². The van der Waals surface area contributed by atoms with E-state index in [-0.39, 0.29) is 6.04 Å². The Balaban J connectivity index is 2.05. The average molecular weight is 449 g/mol. The van der Waals surface area contributed by atoms with Crippen molar-refractivity contribution in [1.82, 2.24) is 15.1 Å². The molecule has 1 N–H and O–H groups in total. The second-order valence-corrected chi connectivity index (χ2v) is 8.11. The van der Waals surface area contributed by atoms with E-state index >= 15 is 0 Å². The number of likely N-dealkylation sites (tertiary alicyclic amines) is 1. The van der Waals surface area contributed by atoms with Gasteiger partial charge in [0.15, 0.2) is 5.96 Å². The molecule has 1 heterocycles. The minimum atomic E-state index is 0.218. The predicted molar refractivity (Wildman–Crippen MR) is 132 cm³/mol. The van der Waals surface area contributed by atoms with E-state index < -0.39 is 0 Å². The van der Waals surface area contributed by atoms with Gasteiger partial charge in [-0.2, -0.15) is 0 Å². The normalized spacial score (nSPS) is 16.4. The number of guanidine groups is 1. The number of piperidine rings is 1. The second-order valence-electron chi connectivity index (χ2n) is 8.11. The van der Waals surface area contributed by atoms with Crippen LogP contribution >= 0.6 is 0 Å². The maximum absolute atomic E-state index is 6.03. The standard InChI is InChI=1S/C25H44N4O3/c1-6-26-25(29-15-13-22(14-16-29)32-18-10-17-30-4)27-20-24(28(7-2)8-3)21-11-9-12-23(19-21)31-5/h9,11-12,19,22,24H,6-8,10,13-18,20H2,1-5H3,(H,26,27). The van der Waals surface area contributed by atoms with Crippen molar-refractivity contribution in [2.24, 2.45) is 4.99 Å². The van der Waals surface area contributed by atoms with Crippen LogP contribution in [-0.4, -0.2) is 88.6 Å². The van der Waals surface area contributed by atoms with Crippen LogP contribution in [0.1, 0.15) is 51.6 Å². The third kappa shape index (κ3) is 8.26. The van der Waals surface area contributed by atoms with Gasteiger partial charge in [0.25, 0.3) is 0 Å². The van der Waals surface area contributed by atoms with Gasteiger partial charge in [-0.25, -0.2) is 0 Å². The van der Waals surface area contributed by atoms with E-state index in [4.69, 9.17) is 19.2 Å². The molecule has 0 bridgehead atoms. The number of aliphatic imine (C=N–C) groups is 1. The van der Waals surface area contributed by atoms with Crippen LogP contribution in [0.25, 0.3) is 0 Å². The van der Waals surface area contributed by atoms with Crippen LogP contribution in [0, 0.1) is 0 Å². The minimum absolute atomic E-state index is 0.218. The molecular weight excluding hydrogens is 404 g/mol. The first-order chi connectivity index (χ1) is 15.7. The molecule has 1 saturated heterocycles. The summed E-state index contributed by atoms with van der Waals surface area (Å²) in [6.07, 6.45) is 3.36. The summed E-state index contributed by atoms with van der Waals surface area (Å²) < 4.78 is 16.6. The Kier molecular flexibility index (Phi) is 12.5. The summed E-state index contributed by atoms with van der Waals surface area (Å²) in [7, 11) is 3.46. The first-order valence-corrected chi connectivity index (χ1v) is 12.2. The van der Waals surface area contributed by atoms with Crippen molar-refractivity contribution in [3.05, 3.63) is 29.8 Å². The second kappa shape index (κ2) is 15.1. The van der Waals surface area contributed by atoms with Gasteiger partial charge in [0.05, 0.1) is 25.8 Å².